The zero-order valence-corrected chi connectivity index (χ0v) is 9.00. The van der Waals surface area contributed by atoms with Gasteiger partial charge in [0.2, 0.25) is 5.91 Å². The Balaban J connectivity index is 1.52. The zero-order valence-electron chi connectivity index (χ0n) is 9.00. The van der Waals surface area contributed by atoms with Crippen LogP contribution in [0.25, 0.3) is 0 Å². The average Bonchev–Trinajstić information content (AvgIpc) is 3.11. The quantitative estimate of drug-likeness (QED) is 0.639. The van der Waals surface area contributed by atoms with Crippen molar-refractivity contribution in [2.24, 2.45) is 11.3 Å². The Labute approximate surface area is 90.0 Å². The molecule has 2 saturated carbocycles. The van der Waals surface area contributed by atoms with E-state index in [1.54, 1.807) is 0 Å². The van der Waals surface area contributed by atoms with E-state index in [2.05, 4.69) is 5.32 Å². The molecule has 0 saturated heterocycles. The smallest absolute Gasteiger partial charge is 0.246 e. The molecular formula is C11H19NO3. The van der Waals surface area contributed by atoms with Crippen LogP contribution >= 0.6 is 0 Å². The SMILES string of the molecule is O=C(COCC1CC1)NCC1(CO)CC1. The van der Waals surface area contributed by atoms with Crippen molar-refractivity contribution < 1.29 is 14.6 Å². The van der Waals surface area contributed by atoms with Gasteiger partial charge in [0, 0.05) is 12.0 Å². The Bertz CT molecular complexity index is 234. The fraction of sp³-hybridized carbons (Fsp3) is 0.909. The largest absolute Gasteiger partial charge is 0.396 e. The lowest BCUT2D eigenvalue weighted by Gasteiger charge is -2.12. The summed E-state index contributed by atoms with van der Waals surface area (Å²) in [6.45, 7) is 1.65. The Morgan fingerprint density at radius 2 is 2.20 bits per heavy atom. The number of hydrogen-bond acceptors (Lipinski definition) is 3. The summed E-state index contributed by atoms with van der Waals surface area (Å²) in [5.41, 5.74) is -0.00779. The number of nitrogens with one attached hydrogen (secondary N) is 1. The number of rotatable bonds is 7. The predicted octanol–water partition coefficient (Wildman–Crippen LogP) is 0.302. The van der Waals surface area contributed by atoms with Crippen molar-refractivity contribution >= 4 is 5.91 Å². The summed E-state index contributed by atoms with van der Waals surface area (Å²) in [5.74, 6) is 0.639. The number of ether oxygens (including phenoxy) is 1. The second-order valence-corrected chi connectivity index (χ2v) is 4.89. The highest BCUT2D eigenvalue weighted by atomic mass is 16.5. The number of hydrogen-bond donors (Lipinski definition) is 2. The monoisotopic (exact) mass is 213 g/mol. The van der Waals surface area contributed by atoms with Crippen molar-refractivity contribution in [3.05, 3.63) is 0 Å². The molecule has 0 radical (unpaired) electrons. The normalized spacial score (nSPS) is 22.5. The molecule has 86 valence electrons. The van der Waals surface area contributed by atoms with Gasteiger partial charge >= 0.3 is 0 Å². The minimum Gasteiger partial charge on any atom is -0.396 e. The van der Waals surface area contributed by atoms with Gasteiger partial charge in [-0.3, -0.25) is 4.79 Å². The molecule has 2 fully saturated rings. The molecule has 2 aliphatic carbocycles. The molecule has 2 N–H and O–H groups in total. The van der Waals surface area contributed by atoms with Crippen LogP contribution < -0.4 is 5.32 Å². The zero-order chi connectivity index (χ0) is 10.7. The van der Waals surface area contributed by atoms with Gasteiger partial charge in [-0.05, 0) is 31.6 Å². The average molecular weight is 213 g/mol. The van der Waals surface area contributed by atoms with Gasteiger partial charge in [0.15, 0.2) is 0 Å². The molecule has 2 aliphatic rings. The first-order valence-electron chi connectivity index (χ1n) is 5.69. The lowest BCUT2D eigenvalue weighted by Crippen LogP contribution is -2.34. The summed E-state index contributed by atoms with van der Waals surface area (Å²) in [4.78, 5) is 11.3. The van der Waals surface area contributed by atoms with Gasteiger partial charge in [0.1, 0.15) is 6.61 Å². The molecule has 4 nitrogen and oxygen atoms in total. The standard InChI is InChI=1S/C11H19NO3/c13-8-11(3-4-11)7-12-10(14)6-15-5-9-1-2-9/h9,13H,1-8H2,(H,12,14). The fourth-order valence-electron chi connectivity index (χ4n) is 1.51. The number of aliphatic hydroxyl groups excluding tert-OH is 1. The lowest BCUT2D eigenvalue weighted by molar-refractivity contribution is -0.126. The summed E-state index contributed by atoms with van der Waals surface area (Å²) in [7, 11) is 0. The van der Waals surface area contributed by atoms with E-state index in [0.717, 1.165) is 19.4 Å². The first-order chi connectivity index (χ1) is 7.24. The number of carbonyl (C=O) groups is 1. The summed E-state index contributed by atoms with van der Waals surface area (Å²) in [6.07, 6.45) is 4.53. The van der Waals surface area contributed by atoms with Gasteiger partial charge in [-0.2, -0.15) is 0 Å². The highest BCUT2D eigenvalue weighted by Crippen LogP contribution is 2.44. The topological polar surface area (TPSA) is 58.6 Å². The Hall–Kier alpha value is -0.610. The third-order valence-electron chi connectivity index (χ3n) is 3.24. The van der Waals surface area contributed by atoms with Crippen molar-refractivity contribution in [3.8, 4) is 0 Å². The van der Waals surface area contributed by atoms with Gasteiger partial charge in [-0.25, -0.2) is 0 Å². The van der Waals surface area contributed by atoms with Crippen LogP contribution in [-0.2, 0) is 9.53 Å². The molecule has 4 heteroatoms. The molecule has 0 spiro atoms. The van der Waals surface area contributed by atoms with Gasteiger partial charge in [0.25, 0.3) is 0 Å². The molecule has 0 aliphatic heterocycles. The van der Waals surface area contributed by atoms with Gasteiger partial charge in [0.05, 0.1) is 13.2 Å². The minimum absolute atomic E-state index is 0.00779. The van der Waals surface area contributed by atoms with Gasteiger partial charge in [-0.1, -0.05) is 0 Å². The van der Waals surface area contributed by atoms with E-state index in [4.69, 9.17) is 9.84 Å². The molecular weight excluding hydrogens is 194 g/mol. The van der Waals surface area contributed by atoms with E-state index in [0.29, 0.717) is 12.5 Å². The predicted molar refractivity (Wildman–Crippen MR) is 55.3 cm³/mol. The van der Waals surface area contributed by atoms with Gasteiger partial charge < -0.3 is 15.2 Å². The van der Waals surface area contributed by atoms with E-state index in [1.165, 1.54) is 12.8 Å². The maximum absolute atomic E-state index is 11.3. The van der Waals surface area contributed by atoms with Crippen LogP contribution in [0.3, 0.4) is 0 Å². The van der Waals surface area contributed by atoms with Crippen molar-refractivity contribution in [2.45, 2.75) is 25.7 Å². The third kappa shape index (κ3) is 3.47. The van der Waals surface area contributed by atoms with Crippen LogP contribution in [0, 0.1) is 11.3 Å². The second kappa shape index (κ2) is 4.49. The molecule has 0 aromatic carbocycles. The van der Waals surface area contributed by atoms with E-state index in [-0.39, 0.29) is 24.5 Å². The molecule has 0 heterocycles. The summed E-state index contributed by atoms with van der Waals surface area (Å²) in [5, 5.41) is 11.9. The van der Waals surface area contributed by atoms with E-state index < -0.39 is 0 Å². The fourth-order valence-corrected chi connectivity index (χ4v) is 1.51. The van der Waals surface area contributed by atoms with Crippen LogP contribution in [0.1, 0.15) is 25.7 Å². The molecule has 1 amide bonds. The number of carbonyl (C=O) groups excluding carboxylic acids is 1. The minimum atomic E-state index is -0.0598. The molecule has 2 rings (SSSR count). The second-order valence-electron chi connectivity index (χ2n) is 4.89. The third-order valence-corrected chi connectivity index (χ3v) is 3.24. The Kier molecular flexibility index (Phi) is 3.26. The number of aliphatic hydroxyl groups is 1. The van der Waals surface area contributed by atoms with Crippen molar-refractivity contribution in [3.63, 3.8) is 0 Å². The summed E-state index contributed by atoms with van der Waals surface area (Å²) < 4.78 is 5.26. The Morgan fingerprint density at radius 1 is 1.47 bits per heavy atom. The first-order valence-corrected chi connectivity index (χ1v) is 5.69. The lowest BCUT2D eigenvalue weighted by atomic mass is 10.1. The van der Waals surface area contributed by atoms with Crippen LogP contribution in [0.2, 0.25) is 0 Å². The maximum atomic E-state index is 11.3. The number of amides is 1. The first kappa shape index (κ1) is 10.9. The highest BCUT2D eigenvalue weighted by Gasteiger charge is 2.42. The van der Waals surface area contributed by atoms with Crippen molar-refractivity contribution in [1.29, 1.82) is 0 Å². The van der Waals surface area contributed by atoms with Crippen LogP contribution in [-0.4, -0.2) is 37.4 Å². The summed E-state index contributed by atoms with van der Waals surface area (Å²) >= 11 is 0. The van der Waals surface area contributed by atoms with Crippen molar-refractivity contribution in [2.75, 3.05) is 26.4 Å². The molecule has 15 heavy (non-hydrogen) atoms. The maximum Gasteiger partial charge on any atom is 0.246 e. The van der Waals surface area contributed by atoms with Crippen molar-refractivity contribution in [1.82, 2.24) is 5.32 Å². The van der Waals surface area contributed by atoms with Crippen LogP contribution in [0.4, 0.5) is 0 Å². The molecule has 0 aromatic heterocycles. The van der Waals surface area contributed by atoms with E-state index >= 15 is 0 Å². The Morgan fingerprint density at radius 3 is 2.73 bits per heavy atom. The van der Waals surface area contributed by atoms with E-state index in [9.17, 15) is 4.79 Å². The molecule has 0 bridgehead atoms. The van der Waals surface area contributed by atoms with Gasteiger partial charge in [-0.15, -0.1) is 0 Å². The molecule has 0 unspecified atom stereocenters. The van der Waals surface area contributed by atoms with E-state index in [1.807, 2.05) is 0 Å². The van der Waals surface area contributed by atoms with Crippen LogP contribution in [0.15, 0.2) is 0 Å². The molecule has 0 atom stereocenters. The summed E-state index contributed by atoms with van der Waals surface area (Å²) in [6, 6.07) is 0. The molecule has 0 aromatic rings. The van der Waals surface area contributed by atoms with Crippen LogP contribution in [0.5, 0.6) is 0 Å². The highest BCUT2D eigenvalue weighted by molar-refractivity contribution is 5.77.